The number of hydrogen-bond acceptors (Lipinski definition) is 1. The first-order valence-electron chi connectivity index (χ1n) is 0.928. The summed E-state index contributed by atoms with van der Waals surface area (Å²) in [5, 5.41) is 7.42. The molecule has 0 aliphatic carbocycles. The van der Waals surface area contributed by atoms with Crippen LogP contribution in [0.3, 0.4) is 0 Å². The van der Waals surface area contributed by atoms with Crippen LogP contribution in [0.1, 0.15) is 8.35 Å². The van der Waals surface area contributed by atoms with E-state index in [4.69, 9.17) is 9.90 Å². The van der Waals surface area contributed by atoms with Crippen molar-refractivity contribution in [2.75, 3.05) is 0 Å². The molecule has 0 aliphatic rings. The standard InChI is InChI=1S/C2H4O2.Al.Na.3H2O.4H/c1-2(3)4;;;;;;;;;/h1H3,(H,3,4);;;3*1H2;;;;/q;;+1;;;;;;;-1. The number of rotatable bonds is 0. The molecule has 0 heterocycles. The monoisotopic (exact) mass is 168 g/mol. The van der Waals surface area contributed by atoms with Crippen molar-refractivity contribution in [1.29, 1.82) is 0 Å². The molecule has 7 heteroatoms. The second-order valence-corrected chi connectivity index (χ2v) is 0.519. The van der Waals surface area contributed by atoms with Gasteiger partial charge < -0.3 is 23.0 Å². The Hall–Kier alpha value is 0.882. The van der Waals surface area contributed by atoms with Crippen LogP contribution in [0.2, 0.25) is 0 Å². The van der Waals surface area contributed by atoms with Gasteiger partial charge in [-0.3, -0.25) is 4.79 Å². The van der Waals surface area contributed by atoms with Crippen molar-refractivity contribution in [2.45, 2.75) is 6.92 Å². The molecule has 0 fully saturated rings. The molecule has 5 nitrogen and oxygen atoms in total. The second-order valence-electron chi connectivity index (χ2n) is 0.519. The first kappa shape index (κ1) is 51.7. The van der Waals surface area contributed by atoms with Gasteiger partial charge in [0.2, 0.25) is 0 Å². The molecule has 0 saturated heterocycles. The molecule has 0 aromatic rings. The Morgan fingerprint density at radius 3 is 1.33 bits per heavy atom. The molecule has 0 rings (SSSR count). The van der Waals surface area contributed by atoms with Gasteiger partial charge in [0.05, 0.1) is 0 Å². The molecular weight excluding hydrogens is 154 g/mol. The van der Waals surface area contributed by atoms with Crippen LogP contribution in [-0.2, 0) is 4.79 Å². The molecule has 0 bridgehead atoms. The van der Waals surface area contributed by atoms with Crippen molar-refractivity contribution in [1.82, 2.24) is 0 Å². The zero-order chi connectivity index (χ0) is 3.58. The van der Waals surface area contributed by atoms with Crippen molar-refractivity contribution in [3.63, 3.8) is 0 Å². The van der Waals surface area contributed by atoms with Gasteiger partial charge in [-0.1, -0.05) is 0 Å². The molecule has 0 aromatic carbocycles. The summed E-state index contributed by atoms with van der Waals surface area (Å²) in [7, 11) is 0. The number of aliphatic carboxylic acids is 1. The van der Waals surface area contributed by atoms with Gasteiger partial charge in [-0.15, -0.1) is 0 Å². The van der Waals surface area contributed by atoms with Crippen molar-refractivity contribution in [2.24, 2.45) is 0 Å². The van der Waals surface area contributed by atoms with E-state index in [1.165, 1.54) is 0 Å². The minimum absolute atomic E-state index is 0. The Kier molecular flexibility index (Phi) is 210. The predicted molar refractivity (Wildman–Crippen MR) is 35.2 cm³/mol. The number of carbonyl (C=O) groups is 1. The molecule has 7 N–H and O–H groups in total. The van der Waals surface area contributed by atoms with Crippen molar-refractivity contribution >= 4 is 23.3 Å². The first-order chi connectivity index (χ1) is 1.73. The van der Waals surface area contributed by atoms with E-state index in [1.54, 1.807) is 0 Å². The summed E-state index contributed by atoms with van der Waals surface area (Å²) in [6.07, 6.45) is 0. The maximum absolute atomic E-state index is 9.00. The third-order valence-corrected chi connectivity index (χ3v) is 0. The van der Waals surface area contributed by atoms with Crippen LogP contribution in [0.4, 0.5) is 0 Å². The summed E-state index contributed by atoms with van der Waals surface area (Å²) in [5.74, 6) is -0.833. The van der Waals surface area contributed by atoms with Crippen molar-refractivity contribution in [3.05, 3.63) is 0 Å². The van der Waals surface area contributed by atoms with Gasteiger partial charge >= 0.3 is 29.6 Å². The molecule has 0 aromatic heterocycles. The van der Waals surface area contributed by atoms with E-state index in [0.29, 0.717) is 0 Å². The van der Waals surface area contributed by atoms with Gasteiger partial charge in [0.15, 0.2) is 17.4 Å². The van der Waals surface area contributed by atoms with E-state index < -0.39 is 5.97 Å². The molecular formula is C2H14AlNaO5. The first-order valence-corrected chi connectivity index (χ1v) is 0.928. The molecule has 0 radical (unpaired) electrons. The van der Waals surface area contributed by atoms with Crippen LogP contribution in [0, 0.1) is 0 Å². The Balaban J connectivity index is -0.00000000300. The summed E-state index contributed by atoms with van der Waals surface area (Å²) >= 11 is 0. The van der Waals surface area contributed by atoms with Gasteiger partial charge in [-0.05, 0) is 0 Å². The van der Waals surface area contributed by atoms with Crippen LogP contribution in [0.15, 0.2) is 0 Å². The van der Waals surface area contributed by atoms with Crippen molar-refractivity contribution < 1.29 is 57.3 Å². The number of hydrogen-bond donors (Lipinski definition) is 1. The summed E-state index contributed by atoms with van der Waals surface area (Å²) in [5.41, 5.74) is 0. The van der Waals surface area contributed by atoms with E-state index >= 15 is 0 Å². The molecule has 0 saturated carbocycles. The Morgan fingerprint density at radius 1 is 1.33 bits per heavy atom. The van der Waals surface area contributed by atoms with E-state index in [2.05, 4.69) is 0 Å². The molecule has 0 unspecified atom stereocenters. The summed E-state index contributed by atoms with van der Waals surface area (Å²) in [4.78, 5) is 9.00. The topological polar surface area (TPSA) is 132 Å². The zero-order valence-electron chi connectivity index (χ0n) is 5.86. The zero-order valence-corrected chi connectivity index (χ0v) is 6.86. The van der Waals surface area contributed by atoms with Gasteiger partial charge in [0.25, 0.3) is 5.97 Å². The summed E-state index contributed by atoms with van der Waals surface area (Å²) < 4.78 is 0. The molecule has 0 spiro atoms. The minimum atomic E-state index is -0.833. The largest absolute Gasteiger partial charge is 1.00 e. The summed E-state index contributed by atoms with van der Waals surface area (Å²) in [6.45, 7) is 1.08. The van der Waals surface area contributed by atoms with E-state index in [1.807, 2.05) is 0 Å². The van der Waals surface area contributed by atoms with Crippen LogP contribution >= 0.6 is 0 Å². The number of carboxylic acids is 1. The van der Waals surface area contributed by atoms with Crippen LogP contribution in [-0.4, -0.2) is 44.9 Å². The molecule has 0 atom stereocenters. The van der Waals surface area contributed by atoms with Crippen LogP contribution in [0.5, 0.6) is 0 Å². The van der Waals surface area contributed by atoms with Gasteiger partial charge in [0, 0.05) is 6.92 Å². The maximum atomic E-state index is 9.00. The summed E-state index contributed by atoms with van der Waals surface area (Å²) in [6, 6.07) is 0. The van der Waals surface area contributed by atoms with E-state index in [0.717, 1.165) is 6.92 Å². The quantitative estimate of drug-likeness (QED) is 0.360. The molecule has 0 amide bonds. The SMILES string of the molecule is CC(=O)O.O.O.O.[AlH3].[H-].[Na+]. The normalized spacial score (nSPS) is 2.78. The fourth-order valence-electron chi connectivity index (χ4n) is 0. The average molecular weight is 168 g/mol. The molecule has 56 valence electrons. The Bertz CT molecular complexity index is 42.6. The smallest absolute Gasteiger partial charge is 1.00 e. The van der Waals surface area contributed by atoms with Gasteiger partial charge in [-0.2, -0.15) is 0 Å². The third-order valence-electron chi connectivity index (χ3n) is 0. The minimum Gasteiger partial charge on any atom is -1.00 e. The third kappa shape index (κ3) is 540. The number of carboxylic acid groups (broad SMARTS) is 1. The fourth-order valence-corrected chi connectivity index (χ4v) is 0. The Morgan fingerprint density at radius 2 is 1.33 bits per heavy atom. The average Bonchev–Trinajstić information content (AvgIpc) is 0.811. The predicted octanol–water partition coefficient (Wildman–Crippen LogP) is -6.45. The van der Waals surface area contributed by atoms with E-state index in [-0.39, 0.29) is 64.8 Å². The Labute approximate surface area is 87.3 Å². The van der Waals surface area contributed by atoms with E-state index in [9.17, 15) is 0 Å². The maximum Gasteiger partial charge on any atom is 1.00 e. The molecule has 9 heavy (non-hydrogen) atoms. The van der Waals surface area contributed by atoms with Crippen molar-refractivity contribution in [3.8, 4) is 0 Å². The molecule has 0 aliphatic heterocycles. The van der Waals surface area contributed by atoms with Crippen LogP contribution < -0.4 is 29.6 Å². The van der Waals surface area contributed by atoms with Gasteiger partial charge in [-0.25, -0.2) is 0 Å². The fraction of sp³-hybridized carbons (Fsp3) is 0.500. The van der Waals surface area contributed by atoms with Crippen LogP contribution in [0.25, 0.3) is 0 Å². The van der Waals surface area contributed by atoms with Gasteiger partial charge in [0.1, 0.15) is 0 Å². The second kappa shape index (κ2) is 36.6.